The minimum absolute atomic E-state index is 0.0131. The van der Waals surface area contributed by atoms with E-state index in [-0.39, 0.29) is 19.1 Å². The summed E-state index contributed by atoms with van der Waals surface area (Å²) in [6.45, 7) is 8.45. The fourth-order valence-electron chi connectivity index (χ4n) is 9.87. The summed E-state index contributed by atoms with van der Waals surface area (Å²) >= 11 is 14.3. The van der Waals surface area contributed by atoms with Gasteiger partial charge in [0.1, 0.15) is 11.3 Å². The number of benzene rings is 4. The first kappa shape index (κ1) is 44.6. The minimum Gasteiger partial charge on any atom is -0.392 e. The second kappa shape index (κ2) is 18.8. The van der Waals surface area contributed by atoms with E-state index in [1.807, 2.05) is 67.7 Å². The van der Waals surface area contributed by atoms with Crippen molar-refractivity contribution in [3.8, 4) is 44.8 Å². The molecule has 12 nitrogen and oxygen atoms in total. The molecule has 0 atom stereocenters. The molecule has 0 bridgehead atoms. The van der Waals surface area contributed by atoms with Crippen molar-refractivity contribution in [2.75, 3.05) is 62.2 Å². The number of carbonyl (C=O) groups excluding carboxylic acids is 1. The van der Waals surface area contributed by atoms with Gasteiger partial charge < -0.3 is 34.0 Å². The van der Waals surface area contributed by atoms with Crippen LogP contribution in [0.15, 0.2) is 116 Å². The largest absolute Gasteiger partial charge is 0.392 e. The molecular formula is C53H53Cl2N9O3. The Balaban J connectivity index is 0.861. The van der Waals surface area contributed by atoms with Gasteiger partial charge in [0.15, 0.2) is 0 Å². The van der Waals surface area contributed by atoms with Crippen molar-refractivity contribution < 1.29 is 15.0 Å². The number of aryl methyl sites for hydroxylation is 2. The Bertz CT molecular complexity index is 3080. The molecule has 0 saturated carbocycles. The topological polar surface area (TPSA) is 118 Å². The van der Waals surface area contributed by atoms with Gasteiger partial charge in [0.25, 0.3) is 0 Å². The number of nitrogens with zero attached hydrogens (tertiary/aromatic N) is 8. The van der Waals surface area contributed by atoms with Gasteiger partial charge >= 0.3 is 0 Å². The highest BCUT2D eigenvalue weighted by molar-refractivity contribution is 6.38. The molecule has 342 valence electrons. The van der Waals surface area contributed by atoms with Crippen LogP contribution in [0.5, 0.6) is 0 Å². The lowest BCUT2D eigenvalue weighted by Gasteiger charge is -2.36. The Hall–Kier alpha value is -6.25. The van der Waals surface area contributed by atoms with Crippen molar-refractivity contribution >= 4 is 62.6 Å². The number of aromatic nitrogens is 4. The second-order valence-corrected chi connectivity index (χ2v) is 18.2. The first-order chi connectivity index (χ1) is 32.6. The van der Waals surface area contributed by atoms with Gasteiger partial charge in [0.2, 0.25) is 5.91 Å². The zero-order valence-electron chi connectivity index (χ0n) is 37.9. The molecule has 0 radical (unpaired) electrons. The van der Waals surface area contributed by atoms with Gasteiger partial charge in [-0.3, -0.25) is 10.2 Å². The summed E-state index contributed by atoms with van der Waals surface area (Å²) in [7, 11) is 4.07. The zero-order chi connectivity index (χ0) is 46.3. The molecule has 2 fully saturated rings. The van der Waals surface area contributed by atoms with Gasteiger partial charge in [-0.05, 0) is 63.7 Å². The molecule has 0 aliphatic carbocycles. The lowest BCUT2D eigenvalue weighted by atomic mass is 9.97. The van der Waals surface area contributed by atoms with Gasteiger partial charge in [-0.25, -0.2) is 15.0 Å². The Morgan fingerprint density at radius 2 is 1.06 bits per heavy atom. The molecule has 4 aromatic carbocycles. The summed E-state index contributed by atoms with van der Waals surface area (Å²) in [4.78, 5) is 28.3. The van der Waals surface area contributed by atoms with E-state index >= 15 is 0 Å². The Kier molecular flexibility index (Phi) is 12.5. The van der Waals surface area contributed by atoms with Crippen LogP contribution < -0.4 is 15.2 Å². The van der Waals surface area contributed by atoms with E-state index in [9.17, 15) is 15.0 Å². The highest BCUT2D eigenvalue weighted by Gasteiger charge is 2.26. The number of hydrogen-bond acceptors (Lipinski definition) is 9. The van der Waals surface area contributed by atoms with Crippen LogP contribution >= 0.6 is 23.2 Å². The van der Waals surface area contributed by atoms with E-state index in [2.05, 4.69) is 90.0 Å². The van der Waals surface area contributed by atoms with Gasteiger partial charge in [-0.2, -0.15) is 0 Å². The summed E-state index contributed by atoms with van der Waals surface area (Å²) in [5, 5.41) is 24.9. The predicted octanol–water partition coefficient (Wildman–Crippen LogP) is 8.91. The Labute approximate surface area is 400 Å². The van der Waals surface area contributed by atoms with Gasteiger partial charge in [-0.1, -0.05) is 96.0 Å². The summed E-state index contributed by atoms with van der Waals surface area (Å²) in [5.41, 5.74) is 18.3. The summed E-state index contributed by atoms with van der Waals surface area (Å²) in [5.74, 6) is 0.121. The maximum atomic E-state index is 11.9. The van der Waals surface area contributed by atoms with Crippen LogP contribution in [0.2, 0.25) is 10.0 Å². The zero-order valence-corrected chi connectivity index (χ0v) is 39.4. The van der Waals surface area contributed by atoms with Crippen LogP contribution in [-0.2, 0) is 38.6 Å². The molecule has 0 spiro atoms. The molecule has 2 aliphatic heterocycles. The van der Waals surface area contributed by atoms with Crippen LogP contribution in [0, 0.1) is 0 Å². The number of fused-ring (bicyclic) bond motifs is 2. The minimum atomic E-state index is -0.0339. The third-order valence-electron chi connectivity index (χ3n) is 13.6. The van der Waals surface area contributed by atoms with Crippen LogP contribution in [0.4, 0.5) is 11.4 Å². The molecule has 1 amide bonds. The molecule has 6 heterocycles. The van der Waals surface area contributed by atoms with E-state index in [4.69, 9.17) is 33.2 Å². The van der Waals surface area contributed by atoms with Crippen molar-refractivity contribution in [2.24, 2.45) is 14.1 Å². The second-order valence-electron chi connectivity index (χ2n) is 17.5. The molecule has 3 N–H and O–H groups in total. The normalized spacial score (nSPS) is 14.8. The molecule has 67 heavy (non-hydrogen) atoms. The average molecular weight is 935 g/mol. The number of piperazine rings is 2. The molecular weight excluding hydrogens is 882 g/mol. The fraction of sp³-hybridized carbons (Fsp3) is 0.264. The number of anilines is 2. The molecule has 14 heteroatoms. The fourth-order valence-corrected chi connectivity index (χ4v) is 10.4. The monoisotopic (exact) mass is 933 g/mol. The van der Waals surface area contributed by atoms with Gasteiger partial charge in [0.05, 0.1) is 34.6 Å². The summed E-state index contributed by atoms with van der Waals surface area (Å²) in [6, 6.07) is 35.2. The molecule has 8 aromatic rings. The van der Waals surface area contributed by atoms with Gasteiger partial charge in [-0.15, -0.1) is 0 Å². The highest BCUT2D eigenvalue weighted by Crippen LogP contribution is 2.45. The quantitative estimate of drug-likeness (QED) is 0.117. The van der Waals surface area contributed by atoms with E-state index in [0.29, 0.717) is 16.6 Å². The third-order valence-corrected chi connectivity index (χ3v) is 14.3. The lowest BCUT2D eigenvalue weighted by Crippen LogP contribution is -2.51. The molecule has 0 unspecified atom stereocenters. The standard InChI is InChI=1S/C53H53Cl2N9O3/c1-34(67)61-22-24-62(25-23-61)42-16-14-40(15-17-42)51-46(38-10-6-36(33-66)7-11-38)48-49(55)41(30-57-53(48)60(51)3)31-58-64-28-26-63(27-29-64)43-18-12-39(13-19-43)50-45(37-8-4-35(32-65)5-9-37)47-44(54)20-21-56-52(47)59(50)2/h4-21,30,58,65-66H,22-29,31-33H2,1-3H3. The Morgan fingerprint density at radius 1 is 0.597 bits per heavy atom. The van der Waals surface area contributed by atoms with Crippen LogP contribution in [0.25, 0.3) is 66.8 Å². The number of hydrogen-bond donors (Lipinski definition) is 3. The van der Waals surface area contributed by atoms with E-state index in [1.54, 1.807) is 13.1 Å². The third kappa shape index (κ3) is 8.43. The smallest absolute Gasteiger partial charge is 0.219 e. The van der Waals surface area contributed by atoms with E-state index < -0.39 is 0 Å². The van der Waals surface area contributed by atoms with E-state index in [1.165, 1.54) is 0 Å². The number of aliphatic hydroxyl groups excluding tert-OH is 2. The van der Waals surface area contributed by atoms with Crippen molar-refractivity contribution in [3.63, 3.8) is 0 Å². The maximum absolute atomic E-state index is 11.9. The number of aliphatic hydroxyl groups is 2. The molecule has 2 saturated heterocycles. The number of amides is 1. The number of hydrazine groups is 1. The number of pyridine rings is 2. The summed E-state index contributed by atoms with van der Waals surface area (Å²) < 4.78 is 4.24. The first-order valence-electron chi connectivity index (χ1n) is 22.8. The predicted molar refractivity (Wildman–Crippen MR) is 270 cm³/mol. The maximum Gasteiger partial charge on any atom is 0.219 e. The first-order valence-corrected chi connectivity index (χ1v) is 23.5. The number of halogens is 2. The molecule has 4 aromatic heterocycles. The Morgan fingerprint density at radius 3 is 1.55 bits per heavy atom. The van der Waals surface area contributed by atoms with Crippen LogP contribution in [0.3, 0.4) is 0 Å². The average Bonchev–Trinajstić information content (AvgIpc) is 3.85. The number of nitrogens with one attached hydrogen (secondary N) is 1. The van der Waals surface area contributed by atoms with E-state index in [0.717, 1.165) is 147 Å². The molecule has 2 aliphatic rings. The van der Waals surface area contributed by atoms with Crippen molar-refractivity contribution in [1.29, 1.82) is 0 Å². The van der Waals surface area contributed by atoms with Crippen LogP contribution in [0.1, 0.15) is 23.6 Å². The van der Waals surface area contributed by atoms with Crippen molar-refractivity contribution in [1.82, 2.24) is 34.4 Å². The van der Waals surface area contributed by atoms with Crippen molar-refractivity contribution in [3.05, 3.63) is 142 Å². The van der Waals surface area contributed by atoms with Crippen molar-refractivity contribution in [2.45, 2.75) is 26.7 Å². The molecule has 10 rings (SSSR count). The number of carbonyl (C=O) groups is 1. The highest BCUT2D eigenvalue weighted by atomic mass is 35.5. The SMILES string of the molecule is CC(=O)N1CCN(c2ccc(-c3c(-c4ccc(CO)cc4)c4c(Cl)c(CNN5CCN(c6ccc(-c7c(-c8ccc(CO)cc8)c8c(Cl)ccnc8n7C)cc6)CC5)cnc4n3C)cc2)CC1. The lowest BCUT2D eigenvalue weighted by molar-refractivity contribution is -0.129. The number of rotatable bonds is 11. The summed E-state index contributed by atoms with van der Waals surface area (Å²) in [6.07, 6.45) is 3.63. The van der Waals surface area contributed by atoms with Crippen LogP contribution in [-0.4, -0.2) is 97.5 Å². The van der Waals surface area contributed by atoms with Gasteiger partial charge in [0, 0.05) is 131 Å².